The van der Waals surface area contributed by atoms with E-state index in [9.17, 15) is 4.79 Å². The smallest absolute Gasteiger partial charge is 0.335 e. The summed E-state index contributed by atoms with van der Waals surface area (Å²) in [5, 5.41) is 20.3. The SMILES string of the molecule is CNC(C)CC=Cc1cncc(OC(C)C)c1.O=C(O)c1ccc(O)cc1. The number of hydrogen-bond acceptors (Lipinski definition) is 5. The number of pyridine rings is 1. The van der Waals surface area contributed by atoms with Gasteiger partial charge in [-0.1, -0.05) is 12.2 Å². The van der Waals surface area contributed by atoms with Gasteiger partial charge in [-0.3, -0.25) is 4.98 Å². The molecule has 0 saturated carbocycles. The second kappa shape index (κ2) is 11.7. The van der Waals surface area contributed by atoms with E-state index in [-0.39, 0.29) is 17.4 Å². The number of phenolic OH excluding ortho intramolecular Hbond substituents is 1. The zero-order valence-electron chi connectivity index (χ0n) is 16.2. The highest BCUT2D eigenvalue weighted by Crippen LogP contribution is 2.14. The number of phenols is 1. The maximum absolute atomic E-state index is 10.2. The van der Waals surface area contributed by atoms with Gasteiger partial charge in [-0.05, 0) is 70.1 Å². The summed E-state index contributed by atoms with van der Waals surface area (Å²) in [6.07, 6.45) is 9.00. The number of nitrogens with zero attached hydrogens (tertiary/aromatic N) is 1. The Morgan fingerprint density at radius 3 is 2.44 bits per heavy atom. The van der Waals surface area contributed by atoms with Crippen molar-refractivity contribution in [1.82, 2.24) is 10.3 Å². The molecule has 0 aliphatic rings. The van der Waals surface area contributed by atoms with Crippen molar-refractivity contribution in [3.63, 3.8) is 0 Å². The van der Waals surface area contributed by atoms with Gasteiger partial charge in [0.15, 0.2) is 0 Å². The molecule has 1 unspecified atom stereocenters. The quantitative estimate of drug-likeness (QED) is 0.681. The number of hydrogen-bond donors (Lipinski definition) is 3. The maximum Gasteiger partial charge on any atom is 0.335 e. The average Bonchev–Trinajstić information content (AvgIpc) is 2.62. The van der Waals surface area contributed by atoms with Crippen molar-refractivity contribution in [3.8, 4) is 11.5 Å². The van der Waals surface area contributed by atoms with Crippen molar-refractivity contribution in [2.75, 3.05) is 7.05 Å². The van der Waals surface area contributed by atoms with Crippen molar-refractivity contribution in [3.05, 3.63) is 59.9 Å². The number of ether oxygens (including phenoxy) is 1. The van der Waals surface area contributed by atoms with Gasteiger partial charge in [0.05, 0.1) is 17.9 Å². The molecule has 1 aromatic heterocycles. The molecule has 1 atom stereocenters. The van der Waals surface area contributed by atoms with E-state index >= 15 is 0 Å². The predicted molar refractivity (Wildman–Crippen MR) is 107 cm³/mol. The molecule has 0 spiro atoms. The van der Waals surface area contributed by atoms with E-state index in [1.165, 1.54) is 24.3 Å². The van der Waals surface area contributed by atoms with Crippen LogP contribution in [0.1, 0.15) is 43.1 Å². The van der Waals surface area contributed by atoms with Crippen LogP contribution in [-0.4, -0.2) is 40.4 Å². The molecule has 1 heterocycles. The Hall–Kier alpha value is -2.86. The Labute approximate surface area is 160 Å². The second-order valence-corrected chi connectivity index (χ2v) is 6.30. The summed E-state index contributed by atoms with van der Waals surface area (Å²) >= 11 is 0. The summed E-state index contributed by atoms with van der Waals surface area (Å²) in [5.41, 5.74) is 1.25. The molecular weight excluding hydrogens is 344 g/mol. The van der Waals surface area contributed by atoms with Crippen molar-refractivity contribution in [1.29, 1.82) is 0 Å². The summed E-state index contributed by atoms with van der Waals surface area (Å²) < 4.78 is 5.59. The first-order valence-electron chi connectivity index (χ1n) is 8.79. The van der Waals surface area contributed by atoms with Crippen molar-refractivity contribution in [2.45, 2.75) is 39.3 Å². The lowest BCUT2D eigenvalue weighted by Crippen LogP contribution is -2.19. The van der Waals surface area contributed by atoms with Crippen LogP contribution < -0.4 is 10.1 Å². The molecule has 0 amide bonds. The van der Waals surface area contributed by atoms with Crippen LogP contribution in [0.4, 0.5) is 0 Å². The van der Waals surface area contributed by atoms with Crippen LogP contribution in [0.5, 0.6) is 11.5 Å². The molecule has 0 bridgehead atoms. The minimum Gasteiger partial charge on any atom is -0.508 e. The molecule has 0 fully saturated rings. The highest BCUT2D eigenvalue weighted by molar-refractivity contribution is 5.87. The van der Waals surface area contributed by atoms with Crippen LogP contribution in [0.15, 0.2) is 48.8 Å². The monoisotopic (exact) mass is 372 g/mol. The summed E-state index contributed by atoms with van der Waals surface area (Å²) in [7, 11) is 1.97. The van der Waals surface area contributed by atoms with Crippen LogP contribution in [0.2, 0.25) is 0 Å². The van der Waals surface area contributed by atoms with E-state index in [1.54, 1.807) is 6.20 Å². The second-order valence-electron chi connectivity index (χ2n) is 6.30. The molecular formula is C21H28N2O4. The fraction of sp³-hybridized carbons (Fsp3) is 0.333. The molecule has 27 heavy (non-hydrogen) atoms. The average molecular weight is 372 g/mol. The Morgan fingerprint density at radius 1 is 1.22 bits per heavy atom. The number of benzene rings is 1. The van der Waals surface area contributed by atoms with Gasteiger partial charge < -0.3 is 20.3 Å². The van der Waals surface area contributed by atoms with Gasteiger partial charge in [0.1, 0.15) is 11.5 Å². The van der Waals surface area contributed by atoms with Crippen LogP contribution in [-0.2, 0) is 0 Å². The molecule has 2 aromatic rings. The number of carbonyl (C=O) groups is 1. The lowest BCUT2D eigenvalue weighted by atomic mass is 10.2. The van der Waals surface area contributed by atoms with Gasteiger partial charge >= 0.3 is 5.97 Å². The lowest BCUT2D eigenvalue weighted by molar-refractivity contribution is 0.0697. The Morgan fingerprint density at radius 2 is 1.89 bits per heavy atom. The molecule has 6 heteroatoms. The van der Waals surface area contributed by atoms with Crippen molar-refractivity contribution in [2.24, 2.45) is 0 Å². The van der Waals surface area contributed by atoms with Gasteiger partial charge in [0.2, 0.25) is 0 Å². The zero-order chi connectivity index (χ0) is 20.2. The number of rotatable bonds is 7. The van der Waals surface area contributed by atoms with Crippen LogP contribution >= 0.6 is 0 Å². The first kappa shape index (κ1) is 22.2. The van der Waals surface area contributed by atoms with E-state index in [0.717, 1.165) is 17.7 Å². The van der Waals surface area contributed by atoms with E-state index in [4.69, 9.17) is 14.9 Å². The van der Waals surface area contributed by atoms with Crippen molar-refractivity contribution >= 4 is 12.0 Å². The third-order valence-electron chi connectivity index (χ3n) is 3.51. The topological polar surface area (TPSA) is 91.7 Å². The maximum atomic E-state index is 10.2. The minimum atomic E-state index is -0.986. The summed E-state index contributed by atoms with van der Waals surface area (Å²) in [6.45, 7) is 6.18. The normalized spacial score (nSPS) is 11.7. The third-order valence-corrected chi connectivity index (χ3v) is 3.51. The van der Waals surface area contributed by atoms with Gasteiger partial charge in [0.25, 0.3) is 0 Å². The van der Waals surface area contributed by atoms with Crippen molar-refractivity contribution < 1.29 is 19.7 Å². The molecule has 0 aliphatic carbocycles. The van der Waals surface area contributed by atoms with Gasteiger partial charge in [0, 0.05) is 12.2 Å². The molecule has 0 aliphatic heterocycles. The fourth-order valence-electron chi connectivity index (χ4n) is 1.99. The Bertz CT molecular complexity index is 727. The van der Waals surface area contributed by atoms with E-state index in [1.807, 2.05) is 33.2 Å². The third kappa shape index (κ3) is 9.42. The number of aromatic carboxylic acids is 1. The molecule has 6 nitrogen and oxygen atoms in total. The molecule has 0 radical (unpaired) electrons. The minimum absolute atomic E-state index is 0.0741. The van der Waals surface area contributed by atoms with E-state index in [2.05, 4.69) is 29.4 Å². The number of nitrogens with one attached hydrogen (secondary N) is 1. The van der Waals surface area contributed by atoms with Gasteiger partial charge in [-0.2, -0.15) is 0 Å². The molecule has 2 rings (SSSR count). The van der Waals surface area contributed by atoms with Crippen LogP contribution in [0.3, 0.4) is 0 Å². The lowest BCUT2D eigenvalue weighted by Gasteiger charge is -2.09. The number of aromatic nitrogens is 1. The summed E-state index contributed by atoms with van der Waals surface area (Å²) in [6, 6.07) is 7.87. The number of carboxylic acid groups (broad SMARTS) is 1. The first-order chi connectivity index (χ1) is 12.8. The largest absolute Gasteiger partial charge is 0.508 e. The highest BCUT2D eigenvalue weighted by Gasteiger charge is 2.00. The van der Waals surface area contributed by atoms with E-state index < -0.39 is 5.97 Å². The van der Waals surface area contributed by atoms with E-state index in [0.29, 0.717) is 6.04 Å². The van der Waals surface area contributed by atoms with Crippen LogP contribution in [0.25, 0.3) is 6.08 Å². The highest BCUT2D eigenvalue weighted by atomic mass is 16.5. The van der Waals surface area contributed by atoms with Gasteiger partial charge in [-0.15, -0.1) is 0 Å². The van der Waals surface area contributed by atoms with Crippen LogP contribution in [0, 0.1) is 0 Å². The van der Waals surface area contributed by atoms with Gasteiger partial charge in [-0.25, -0.2) is 4.79 Å². The number of carboxylic acids is 1. The molecule has 0 saturated heterocycles. The summed E-state index contributed by atoms with van der Waals surface area (Å²) in [5.74, 6) is -0.0891. The standard InChI is InChI=1S/C14H22N2O.C7H6O3/c1-11(2)17-14-8-13(9-16-10-14)7-5-6-12(3)15-4;8-6-3-1-5(2-4-6)7(9)10/h5,7-12,15H,6H2,1-4H3;1-4,8H,(H,9,10). The first-order valence-corrected chi connectivity index (χ1v) is 8.79. The predicted octanol–water partition coefficient (Wildman–Crippen LogP) is 3.97. The number of aromatic hydroxyl groups is 1. The zero-order valence-corrected chi connectivity index (χ0v) is 16.2. The Balaban J connectivity index is 0.000000309. The molecule has 1 aromatic carbocycles. The summed E-state index contributed by atoms with van der Waals surface area (Å²) in [4.78, 5) is 14.4. The molecule has 3 N–H and O–H groups in total. The Kier molecular flexibility index (Phi) is 9.61. The fourth-order valence-corrected chi connectivity index (χ4v) is 1.99. The molecule has 146 valence electrons.